The Labute approximate surface area is 103 Å². The van der Waals surface area contributed by atoms with Crippen molar-refractivity contribution >= 4 is 10.9 Å². The normalized spacial score (nSPS) is 11.1. The van der Waals surface area contributed by atoms with E-state index in [1.54, 1.807) is 30.2 Å². The number of halogens is 1. The fourth-order valence-electron chi connectivity index (χ4n) is 1.98. The number of hydrogen-bond acceptors (Lipinski definition) is 3. The highest BCUT2D eigenvalue weighted by molar-refractivity contribution is 5.84. The highest BCUT2D eigenvalue weighted by Crippen LogP contribution is 2.24. The van der Waals surface area contributed by atoms with E-state index in [0.717, 1.165) is 10.9 Å². The van der Waals surface area contributed by atoms with Gasteiger partial charge >= 0.3 is 0 Å². The summed E-state index contributed by atoms with van der Waals surface area (Å²) < 4.78 is 15.5. The van der Waals surface area contributed by atoms with Gasteiger partial charge in [0.15, 0.2) is 5.82 Å². The van der Waals surface area contributed by atoms with Crippen LogP contribution < -0.4 is 0 Å². The van der Waals surface area contributed by atoms with Crippen molar-refractivity contribution in [3.05, 3.63) is 42.2 Å². The molecule has 0 unspecified atom stereocenters. The zero-order valence-corrected chi connectivity index (χ0v) is 10.1. The fraction of sp³-hybridized carbons (Fsp3) is 0.154. The molecule has 0 aliphatic carbocycles. The van der Waals surface area contributed by atoms with Gasteiger partial charge in [-0.1, -0.05) is 0 Å². The summed E-state index contributed by atoms with van der Waals surface area (Å²) in [6, 6.07) is 5.11. The van der Waals surface area contributed by atoms with E-state index < -0.39 is 0 Å². The Morgan fingerprint density at radius 1 is 1.28 bits per heavy atom. The first-order valence-corrected chi connectivity index (χ1v) is 5.56. The summed E-state index contributed by atoms with van der Waals surface area (Å²) in [5.41, 5.74) is 1.83. The van der Waals surface area contributed by atoms with Crippen LogP contribution in [0, 0.1) is 12.7 Å². The Bertz CT molecular complexity index is 733. The van der Waals surface area contributed by atoms with Crippen LogP contribution in [0.15, 0.2) is 30.6 Å². The van der Waals surface area contributed by atoms with Crippen LogP contribution in [0.5, 0.6) is 0 Å². The molecule has 0 saturated carbocycles. The van der Waals surface area contributed by atoms with Gasteiger partial charge in [-0.2, -0.15) is 5.10 Å². The molecule has 5 heteroatoms. The molecule has 0 spiro atoms. The van der Waals surface area contributed by atoms with Crippen molar-refractivity contribution in [3.63, 3.8) is 0 Å². The lowest BCUT2D eigenvalue weighted by Crippen LogP contribution is -1.91. The number of benzene rings is 1. The third-order valence-electron chi connectivity index (χ3n) is 2.75. The van der Waals surface area contributed by atoms with Crippen molar-refractivity contribution in [3.8, 4) is 11.3 Å². The van der Waals surface area contributed by atoms with Crippen LogP contribution >= 0.6 is 0 Å². The second-order valence-electron chi connectivity index (χ2n) is 4.19. The van der Waals surface area contributed by atoms with Gasteiger partial charge in [0.25, 0.3) is 0 Å². The number of nitrogens with zero attached hydrogens (tertiary/aromatic N) is 4. The molecule has 0 radical (unpaired) electrons. The summed E-state index contributed by atoms with van der Waals surface area (Å²) in [4.78, 5) is 8.33. The second-order valence-corrected chi connectivity index (χ2v) is 4.19. The molecule has 0 bridgehead atoms. The van der Waals surface area contributed by atoms with Gasteiger partial charge in [0.1, 0.15) is 11.3 Å². The molecule has 2 heterocycles. The predicted octanol–water partition coefficient (Wildman–Crippen LogP) is 2.48. The van der Waals surface area contributed by atoms with Crippen LogP contribution in [0.2, 0.25) is 0 Å². The SMILES string of the molecule is Cc1nccc(-c2cc(F)c3nn(C)cc3c2)n1. The molecule has 0 N–H and O–H groups in total. The Kier molecular flexibility index (Phi) is 2.33. The molecule has 0 atom stereocenters. The van der Waals surface area contributed by atoms with Gasteiger partial charge in [0.2, 0.25) is 0 Å². The maximum atomic E-state index is 13.9. The first-order chi connectivity index (χ1) is 8.63. The summed E-state index contributed by atoms with van der Waals surface area (Å²) in [6.45, 7) is 1.81. The number of aromatic nitrogens is 4. The molecule has 2 aromatic heterocycles. The zero-order chi connectivity index (χ0) is 12.7. The molecule has 0 saturated heterocycles. The van der Waals surface area contributed by atoms with Gasteiger partial charge in [-0.05, 0) is 25.1 Å². The van der Waals surface area contributed by atoms with E-state index >= 15 is 0 Å². The number of aryl methyl sites for hydroxylation is 2. The minimum atomic E-state index is -0.334. The van der Waals surface area contributed by atoms with E-state index in [1.807, 2.05) is 13.0 Å². The van der Waals surface area contributed by atoms with Crippen LogP contribution in [-0.2, 0) is 7.05 Å². The van der Waals surface area contributed by atoms with E-state index in [1.165, 1.54) is 6.07 Å². The smallest absolute Gasteiger partial charge is 0.151 e. The van der Waals surface area contributed by atoms with Gasteiger partial charge in [0, 0.05) is 30.4 Å². The predicted molar refractivity (Wildman–Crippen MR) is 66.4 cm³/mol. The highest BCUT2D eigenvalue weighted by Gasteiger charge is 2.09. The van der Waals surface area contributed by atoms with Crippen LogP contribution in [0.1, 0.15) is 5.82 Å². The van der Waals surface area contributed by atoms with Gasteiger partial charge in [-0.15, -0.1) is 0 Å². The molecule has 0 fully saturated rings. The minimum absolute atomic E-state index is 0.334. The molecule has 4 nitrogen and oxygen atoms in total. The van der Waals surface area contributed by atoms with E-state index in [2.05, 4.69) is 15.1 Å². The molecule has 90 valence electrons. The van der Waals surface area contributed by atoms with Gasteiger partial charge in [0.05, 0.1) is 5.69 Å². The van der Waals surface area contributed by atoms with Crippen LogP contribution in [0.25, 0.3) is 22.2 Å². The lowest BCUT2D eigenvalue weighted by Gasteiger charge is -2.02. The summed E-state index contributed by atoms with van der Waals surface area (Å²) in [5, 5.41) is 4.84. The minimum Gasteiger partial charge on any atom is -0.274 e. The molecule has 0 amide bonds. The Morgan fingerprint density at radius 2 is 2.11 bits per heavy atom. The van der Waals surface area contributed by atoms with Gasteiger partial charge < -0.3 is 0 Å². The Balaban J connectivity index is 2.24. The highest BCUT2D eigenvalue weighted by atomic mass is 19.1. The summed E-state index contributed by atoms with van der Waals surface area (Å²) in [5.74, 6) is 0.332. The number of fused-ring (bicyclic) bond motifs is 1. The lowest BCUT2D eigenvalue weighted by molar-refractivity contribution is 0.633. The standard InChI is InChI=1S/C13H11FN4/c1-8-15-4-3-12(16-8)9-5-10-7-18(2)17-13(10)11(14)6-9/h3-7H,1-2H3. The summed E-state index contributed by atoms with van der Waals surface area (Å²) in [7, 11) is 1.77. The average molecular weight is 242 g/mol. The molecule has 18 heavy (non-hydrogen) atoms. The van der Waals surface area contributed by atoms with E-state index in [-0.39, 0.29) is 5.82 Å². The van der Waals surface area contributed by atoms with Crippen LogP contribution in [-0.4, -0.2) is 19.7 Å². The van der Waals surface area contributed by atoms with Crippen molar-refractivity contribution in [1.82, 2.24) is 19.7 Å². The van der Waals surface area contributed by atoms with Crippen LogP contribution in [0.4, 0.5) is 4.39 Å². The third kappa shape index (κ3) is 1.73. The summed E-state index contributed by atoms with van der Waals surface area (Å²) in [6.07, 6.45) is 3.46. The third-order valence-corrected chi connectivity index (χ3v) is 2.75. The first-order valence-electron chi connectivity index (χ1n) is 5.56. The summed E-state index contributed by atoms with van der Waals surface area (Å²) >= 11 is 0. The monoisotopic (exact) mass is 242 g/mol. The molecule has 3 aromatic rings. The van der Waals surface area contributed by atoms with E-state index in [0.29, 0.717) is 17.0 Å². The van der Waals surface area contributed by atoms with E-state index in [9.17, 15) is 4.39 Å². The van der Waals surface area contributed by atoms with Gasteiger partial charge in [-0.25, -0.2) is 14.4 Å². The molecule has 1 aromatic carbocycles. The lowest BCUT2D eigenvalue weighted by atomic mass is 10.1. The maximum absolute atomic E-state index is 13.9. The Morgan fingerprint density at radius 3 is 2.89 bits per heavy atom. The topological polar surface area (TPSA) is 43.6 Å². The van der Waals surface area contributed by atoms with Crippen molar-refractivity contribution in [2.75, 3.05) is 0 Å². The molecule has 0 aliphatic heterocycles. The molecular weight excluding hydrogens is 231 g/mol. The van der Waals surface area contributed by atoms with Crippen molar-refractivity contribution < 1.29 is 4.39 Å². The molecule has 3 rings (SSSR count). The largest absolute Gasteiger partial charge is 0.274 e. The zero-order valence-electron chi connectivity index (χ0n) is 10.1. The van der Waals surface area contributed by atoms with E-state index in [4.69, 9.17) is 0 Å². The number of rotatable bonds is 1. The quantitative estimate of drug-likeness (QED) is 0.658. The first kappa shape index (κ1) is 10.8. The van der Waals surface area contributed by atoms with Crippen molar-refractivity contribution in [2.24, 2.45) is 7.05 Å². The average Bonchev–Trinajstić information content (AvgIpc) is 2.70. The number of hydrogen-bond donors (Lipinski definition) is 0. The Hall–Kier alpha value is -2.30. The maximum Gasteiger partial charge on any atom is 0.151 e. The second kappa shape index (κ2) is 3.87. The molecular formula is C13H11FN4. The van der Waals surface area contributed by atoms with Crippen LogP contribution in [0.3, 0.4) is 0 Å². The molecule has 0 aliphatic rings. The van der Waals surface area contributed by atoms with Crippen molar-refractivity contribution in [1.29, 1.82) is 0 Å². The van der Waals surface area contributed by atoms with Gasteiger partial charge in [-0.3, -0.25) is 4.68 Å². The van der Waals surface area contributed by atoms with Crippen molar-refractivity contribution in [2.45, 2.75) is 6.92 Å². The fourth-order valence-corrected chi connectivity index (χ4v) is 1.98.